The monoisotopic (exact) mass is 324 g/mol. The van der Waals surface area contributed by atoms with Gasteiger partial charge in [-0.3, -0.25) is 9.59 Å². The fourth-order valence-electron chi connectivity index (χ4n) is 2.24. The molecule has 1 aromatic carbocycles. The molecule has 1 rings (SSSR count). The number of likely N-dealkylation sites (N-methyl/N-ethyl adjacent to an activating group) is 1. The molecule has 0 fully saturated rings. The summed E-state index contributed by atoms with van der Waals surface area (Å²) in [6.07, 6.45) is 0.818. The Morgan fingerprint density at radius 1 is 1.14 bits per heavy atom. The number of halogens is 1. The Balaban J connectivity index is 2.91. The molecule has 2 amide bonds. The van der Waals surface area contributed by atoms with Crippen molar-refractivity contribution in [3.05, 3.63) is 34.9 Å². The summed E-state index contributed by atoms with van der Waals surface area (Å²) in [6, 6.07) is 6.15. The second-order valence-corrected chi connectivity index (χ2v) is 5.79. The van der Waals surface area contributed by atoms with E-state index in [-0.39, 0.29) is 17.7 Å². The van der Waals surface area contributed by atoms with Gasteiger partial charge in [-0.1, -0.05) is 31.9 Å². The molecule has 0 aliphatic rings. The minimum atomic E-state index is -0.506. The number of benzene rings is 1. The molecule has 2 unspecified atom stereocenters. The van der Waals surface area contributed by atoms with Crippen molar-refractivity contribution in [2.45, 2.75) is 40.2 Å². The average Bonchev–Trinajstić information content (AvgIpc) is 2.53. The maximum absolute atomic E-state index is 12.6. The number of nitrogens with zero attached hydrogens (tertiary/aromatic N) is 1. The van der Waals surface area contributed by atoms with Crippen LogP contribution in [0.3, 0.4) is 0 Å². The van der Waals surface area contributed by atoms with E-state index in [2.05, 4.69) is 5.32 Å². The summed E-state index contributed by atoms with van der Waals surface area (Å²) in [7, 11) is 0. The van der Waals surface area contributed by atoms with E-state index in [4.69, 9.17) is 11.6 Å². The SMILES string of the molecule is CCC(C)C(NC(=O)c1ccc(Cl)cc1)C(=O)N(CC)CC. The van der Waals surface area contributed by atoms with Crippen molar-refractivity contribution in [2.24, 2.45) is 5.92 Å². The molecule has 0 bridgehead atoms. The first-order chi connectivity index (χ1) is 10.4. The molecule has 1 N–H and O–H groups in total. The maximum atomic E-state index is 12.6. The standard InChI is InChI=1S/C17H25ClN2O2/c1-5-12(4)15(17(22)20(6-2)7-3)19-16(21)13-8-10-14(18)11-9-13/h8-12,15H,5-7H2,1-4H3,(H,19,21). The van der Waals surface area contributed by atoms with Gasteiger partial charge < -0.3 is 10.2 Å². The number of hydrogen-bond acceptors (Lipinski definition) is 2. The highest BCUT2D eigenvalue weighted by molar-refractivity contribution is 6.30. The van der Waals surface area contributed by atoms with Gasteiger partial charge in [0, 0.05) is 23.7 Å². The van der Waals surface area contributed by atoms with Gasteiger partial charge in [0.05, 0.1) is 0 Å². The van der Waals surface area contributed by atoms with Crippen LogP contribution < -0.4 is 5.32 Å². The van der Waals surface area contributed by atoms with E-state index in [9.17, 15) is 9.59 Å². The Labute approximate surface area is 137 Å². The highest BCUT2D eigenvalue weighted by Crippen LogP contribution is 2.14. The van der Waals surface area contributed by atoms with Crippen LogP contribution in [0.1, 0.15) is 44.5 Å². The number of carbonyl (C=O) groups is 2. The van der Waals surface area contributed by atoms with Crippen LogP contribution in [0.2, 0.25) is 5.02 Å². The number of hydrogen-bond donors (Lipinski definition) is 1. The summed E-state index contributed by atoms with van der Waals surface area (Å²) in [4.78, 5) is 26.7. The quantitative estimate of drug-likeness (QED) is 0.836. The first-order valence-electron chi connectivity index (χ1n) is 7.79. The molecule has 0 spiro atoms. The zero-order valence-corrected chi connectivity index (χ0v) is 14.5. The normalized spacial score (nSPS) is 13.3. The Bertz CT molecular complexity index is 498. The number of amides is 2. The van der Waals surface area contributed by atoms with Gasteiger partial charge >= 0.3 is 0 Å². The van der Waals surface area contributed by atoms with E-state index < -0.39 is 6.04 Å². The molecule has 0 saturated carbocycles. The molecular formula is C17H25ClN2O2. The molecule has 2 atom stereocenters. The third kappa shape index (κ3) is 4.73. The molecule has 0 radical (unpaired) electrons. The molecule has 0 aliphatic heterocycles. The van der Waals surface area contributed by atoms with Gasteiger partial charge in [0.2, 0.25) is 5.91 Å². The Kier molecular flexibility index (Phi) is 7.39. The third-order valence-electron chi connectivity index (χ3n) is 3.95. The molecule has 22 heavy (non-hydrogen) atoms. The summed E-state index contributed by atoms with van der Waals surface area (Å²) in [5.74, 6) is -0.200. The molecule has 0 aliphatic carbocycles. The van der Waals surface area contributed by atoms with Gasteiger partial charge in [0.1, 0.15) is 6.04 Å². The van der Waals surface area contributed by atoms with Crippen molar-refractivity contribution in [2.75, 3.05) is 13.1 Å². The Morgan fingerprint density at radius 2 is 1.68 bits per heavy atom. The van der Waals surface area contributed by atoms with Crippen molar-refractivity contribution < 1.29 is 9.59 Å². The summed E-state index contributed by atoms with van der Waals surface area (Å²) in [5.41, 5.74) is 0.505. The number of nitrogens with one attached hydrogen (secondary N) is 1. The predicted molar refractivity (Wildman–Crippen MR) is 90.1 cm³/mol. The molecular weight excluding hydrogens is 300 g/mol. The molecule has 1 aromatic rings. The predicted octanol–water partition coefficient (Wildman–Crippen LogP) is 3.35. The van der Waals surface area contributed by atoms with Crippen molar-refractivity contribution in [3.63, 3.8) is 0 Å². The van der Waals surface area contributed by atoms with Crippen molar-refractivity contribution in [1.82, 2.24) is 10.2 Å². The zero-order valence-electron chi connectivity index (χ0n) is 13.7. The van der Waals surface area contributed by atoms with Crippen LogP contribution in [0.5, 0.6) is 0 Å². The smallest absolute Gasteiger partial charge is 0.251 e. The fourth-order valence-corrected chi connectivity index (χ4v) is 2.37. The summed E-state index contributed by atoms with van der Waals surface area (Å²) >= 11 is 5.83. The van der Waals surface area contributed by atoms with Crippen molar-refractivity contribution in [3.8, 4) is 0 Å². The van der Waals surface area contributed by atoms with Crippen LogP contribution in [0.15, 0.2) is 24.3 Å². The zero-order chi connectivity index (χ0) is 16.7. The lowest BCUT2D eigenvalue weighted by atomic mass is 9.97. The lowest BCUT2D eigenvalue weighted by molar-refractivity contribution is -0.134. The maximum Gasteiger partial charge on any atom is 0.251 e. The van der Waals surface area contributed by atoms with Crippen molar-refractivity contribution >= 4 is 23.4 Å². The van der Waals surface area contributed by atoms with Gasteiger partial charge in [0.15, 0.2) is 0 Å². The minimum absolute atomic E-state index is 0.0262. The van der Waals surface area contributed by atoms with E-state index in [0.717, 1.165) is 6.42 Å². The molecule has 4 nitrogen and oxygen atoms in total. The molecule has 0 heterocycles. The Hall–Kier alpha value is -1.55. The van der Waals surface area contributed by atoms with Gasteiger partial charge in [-0.15, -0.1) is 0 Å². The van der Waals surface area contributed by atoms with Crippen LogP contribution in [0.25, 0.3) is 0 Å². The second-order valence-electron chi connectivity index (χ2n) is 5.35. The molecule has 0 saturated heterocycles. The lowest BCUT2D eigenvalue weighted by Crippen LogP contribution is -2.51. The second kappa shape index (κ2) is 8.79. The van der Waals surface area contributed by atoms with Gasteiger partial charge in [0.25, 0.3) is 5.91 Å². The highest BCUT2D eigenvalue weighted by Gasteiger charge is 2.29. The lowest BCUT2D eigenvalue weighted by Gasteiger charge is -2.29. The van der Waals surface area contributed by atoms with Gasteiger partial charge in [-0.2, -0.15) is 0 Å². The van der Waals surface area contributed by atoms with E-state index in [1.54, 1.807) is 29.2 Å². The van der Waals surface area contributed by atoms with Crippen molar-refractivity contribution in [1.29, 1.82) is 0 Å². The van der Waals surface area contributed by atoms with Gasteiger partial charge in [-0.25, -0.2) is 0 Å². The summed E-state index contributed by atoms with van der Waals surface area (Å²) in [6.45, 7) is 9.15. The summed E-state index contributed by atoms with van der Waals surface area (Å²) in [5, 5.41) is 3.46. The van der Waals surface area contributed by atoms with E-state index >= 15 is 0 Å². The third-order valence-corrected chi connectivity index (χ3v) is 4.20. The first kappa shape index (κ1) is 18.5. The average molecular weight is 325 g/mol. The van der Waals surface area contributed by atoms with Crippen LogP contribution in [0.4, 0.5) is 0 Å². The van der Waals surface area contributed by atoms with Crippen LogP contribution in [0, 0.1) is 5.92 Å². The Morgan fingerprint density at radius 3 is 2.14 bits per heavy atom. The highest BCUT2D eigenvalue weighted by atomic mass is 35.5. The minimum Gasteiger partial charge on any atom is -0.341 e. The van der Waals surface area contributed by atoms with Crippen LogP contribution in [-0.4, -0.2) is 35.8 Å². The fraction of sp³-hybridized carbons (Fsp3) is 0.529. The van der Waals surface area contributed by atoms with E-state index in [1.165, 1.54) is 0 Å². The molecule has 5 heteroatoms. The molecule has 122 valence electrons. The largest absolute Gasteiger partial charge is 0.341 e. The summed E-state index contributed by atoms with van der Waals surface area (Å²) < 4.78 is 0. The number of rotatable bonds is 7. The van der Waals surface area contributed by atoms with E-state index in [1.807, 2.05) is 27.7 Å². The first-order valence-corrected chi connectivity index (χ1v) is 8.17. The van der Waals surface area contributed by atoms with Crippen LogP contribution in [-0.2, 0) is 4.79 Å². The van der Waals surface area contributed by atoms with Gasteiger partial charge in [-0.05, 0) is 44.0 Å². The molecule has 0 aromatic heterocycles. The van der Waals surface area contributed by atoms with E-state index in [0.29, 0.717) is 23.7 Å². The topological polar surface area (TPSA) is 49.4 Å². The van der Waals surface area contributed by atoms with Crippen LogP contribution >= 0.6 is 11.6 Å². The number of carbonyl (C=O) groups excluding carboxylic acids is 2.